The highest BCUT2D eigenvalue weighted by atomic mass is 32.2. The van der Waals surface area contributed by atoms with Crippen molar-refractivity contribution in [2.45, 2.75) is 0 Å². The van der Waals surface area contributed by atoms with Crippen molar-refractivity contribution in [3.63, 3.8) is 0 Å². The molecule has 0 heterocycles. The minimum Gasteiger partial charge on any atom is -0.789 e. The summed E-state index contributed by atoms with van der Waals surface area (Å²) in [5.41, 5.74) is 0. The Bertz CT molecular complexity index is 29.0. The lowest BCUT2D eigenvalue weighted by Crippen LogP contribution is -1.72. The van der Waals surface area contributed by atoms with Crippen molar-refractivity contribution in [3.8, 4) is 0 Å². The third kappa shape index (κ3) is 215. The Kier molecular flexibility index (Phi) is 1.47. The zero-order valence-electron chi connectivity index (χ0n) is 1.82. The van der Waals surface area contributed by atoms with E-state index in [-0.39, 0.29) is 4.38 Å². The second-order valence-electron chi connectivity index (χ2n) is 0.287. The number of rotatable bonds is 0. The van der Waals surface area contributed by atoms with Gasteiger partial charge in [0.2, 0.25) is 0 Å². The fourth-order valence-corrected chi connectivity index (χ4v) is 0. The van der Waals surface area contributed by atoms with Crippen LogP contribution in [0.5, 0.6) is 0 Å². The van der Waals surface area contributed by atoms with Crippen molar-refractivity contribution in [2.75, 3.05) is 0 Å². The molecule has 4 heavy (non-hydrogen) atoms. The van der Waals surface area contributed by atoms with E-state index < -0.39 is 0 Å². The highest BCUT2D eigenvalue weighted by molar-refractivity contribution is 8.04. The summed E-state index contributed by atoms with van der Waals surface area (Å²) in [6, 6.07) is 0. The van der Waals surface area contributed by atoms with Gasteiger partial charge >= 0.3 is 0 Å². The standard InChI is InChI=1S/CH3NS2/c2-1(3)4/h(H3,2,3,4)/p-2. The highest BCUT2D eigenvalue weighted by Gasteiger charge is 1.13. The van der Waals surface area contributed by atoms with Gasteiger partial charge in [-0.05, 0) is 0 Å². The summed E-state index contributed by atoms with van der Waals surface area (Å²) in [7, 11) is 0. The molecule has 0 saturated carbocycles. The molecule has 0 aliphatic rings. The molecule has 0 radical (unpaired) electrons. The first kappa shape index (κ1) is 4.11. The van der Waals surface area contributed by atoms with E-state index in [1.54, 1.807) is 0 Å². The minimum absolute atomic E-state index is 0.167. The zero-order chi connectivity index (χ0) is 3.58. The molecule has 3 heteroatoms. The molecule has 0 amide bonds. The van der Waals surface area contributed by atoms with E-state index in [1.807, 2.05) is 0 Å². The Balaban J connectivity index is 2.80. The van der Waals surface area contributed by atoms with Crippen LogP contribution in [0.15, 0.2) is 0 Å². The van der Waals surface area contributed by atoms with Gasteiger partial charge in [0.1, 0.15) is 0 Å². The summed E-state index contributed by atoms with van der Waals surface area (Å²) in [5.74, 6) is 0. The molecule has 0 aliphatic carbocycles. The van der Waals surface area contributed by atoms with Gasteiger partial charge in [-0.2, -0.15) is 0 Å². The van der Waals surface area contributed by atoms with Gasteiger partial charge in [-0.1, -0.05) is 0 Å². The van der Waals surface area contributed by atoms with Crippen LogP contribution in [-0.4, -0.2) is 4.38 Å². The summed E-state index contributed by atoms with van der Waals surface area (Å²) >= 11 is 8.04. The Labute approximate surface area is 35.7 Å². The molecule has 0 atom stereocenters. The lowest BCUT2D eigenvalue weighted by Gasteiger charge is -2.08. The maximum absolute atomic E-state index is 6.13. The zero-order valence-corrected chi connectivity index (χ0v) is 3.45. The average molecular weight is 91.2 g/mol. The summed E-state index contributed by atoms with van der Waals surface area (Å²) in [5, 5.41) is 6.13. The molecule has 0 unspecified atom stereocenters. The van der Waals surface area contributed by atoms with Crippen LogP contribution in [-0.2, 0) is 25.3 Å². The van der Waals surface area contributed by atoms with Crippen molar-refractivity contribution in [2.24, 2.45) is 0 Å². The molecule has 0 bridgehead atoms. The van der Waals surface area contributed by atoms with Gasteiger partial charge in [-0.3, -0.25) is 0 Å². The molecular weight excluding hydrogens is 90.2 g/mol. The summed E-state index contributed by atoms with van der Waals surface area (Å²) < 4.78 is -0.167. The second kappa shape index (κ2) is 1.43. The highest BCUT2D eigenvalue weighted by Crippen LogP contribution is 1.46. The first-order valence-electron chi connectivity index (χ1n) is 0.658. The number of hydrogen-bond donors (Lipinski definition) is 1. The fourth-order valence-electron chi connectivity index (χ4n) is 0. The van der Waals surface area contributed by atoms with E-state index in [9.17, 15) is 0 Å². The smallest absolute Gasteiger partial charge is 0.247 e. The van der Waals surface area contributed by atoms with Gasteiger partial charge in [-0.25, -0.2) is 4.38 Å². The Morgan fingerprint density at radius 1 is 1.50 bits per heavy atom. The lowest BCUT2D eigenvalue weighted by atomic mass is 11.7. The van der Waals surface area contributed by atoms with Gasteiger partial charge < -0.3 is 30.7 Å². The predicted octanol–water partition coefficient (Wildman–Crippen LogP) is 0.0150. The fraction of sp³-hybridized carbons (Fsp3) is 0. The van der Waals surface area contributed by atoms with E-state index in [0.717, 1.165) is 0 Å². The van der Waals surface area contributed by atoms with Gasteiger partial charge in [0.05, 0.1) is 0 Å². The van der Waals surface area contributed by atoms with Crippen molar-refractivity contribution in [3.05, 3.63) is 0 Å². The maximum atomic E-state index is 6.13. The molecule has 0 spiro atoms. The van der Waals surface area contributed by atoms with E-state index >= 15 is 0 Å². The van der Waals surface area contributed by atoms with Crippen LogP contribution < -0.4 is 0 Å². The molecule has 0 aromatic rings. The monoisotopic (exact) mass is 91.0 g/mol. The lowest BCUT2D eigenvalue weighted by molar-refractivity contribution is 1.59. The van der Waals surface area contributed by atoms with Gasteiger partial charge in [0.25, 0.3) is 0 Å². The van der Waals surface area contributed by atoms with Crippen molar-refractivity contribution >= 4 is 29.6 Å². The average Bonchev–Trinajstić information content (AvgIpc) is 0.811. The third-order valence-corrected chi connectivity index (χ3v) is 0. The first-order chi connectivity index (χ1) is 1.73. The summed E-state index contributed by atoms with van der Waals surface area (Å²) in [6.45, 7) is 0. The molecule has 24 valence electrons. The van der Waals surface area contributed by atoms with E-state index in [0.29, 0.717) is 0 Å². The van der Waals surface area contributed by atoms with Crippen LogP contribution in [0.4, 0.5) is 0 Å². The van der Waals surface area contributed by atoms with E-state index in [4.69, 9.17) is 5.41 Å². The van der Waals surface area contributed by atoms with Gasteiger partial charge in [-0.15, -0.1) is 0 Å². The maximum Gasteiger partial charge on any atom is -0.247 e. The van der Waals surface area contributed by atoms with Crippen molar-refractivity contribution in [1.82, 2.24) is 0 Å². The Morgan fingerprint density at radius 2 is 1.50 bits per heavy atom. The van der Waals surface area contributed by atoms with E-state index in [1.165, 1.54) is 0 Å². The summed E-state index contributed by atoms with van der Waals surface area (Å²) in [6.07, 6.45) is 0. The van der Waals surface area contributed by atoms with Crippen LogP contribution in [0, 0.1) is 5.41 Å². The van der Waals surface area contributed by atoms with Crippen LogP contribution >= 0.6 is 0 Å². The van der Waals surface area contributed by atoms with Gasteiger partial charge in [0, 0.05) is 0 Å². The molecule has 1 nitrogen and oxygen atoms in total. The molecule has 0 fully saturated rings. The molecule has 1 N–H and O–H groups in total. The molecule has 0 aromatic heterocycles. The predicted molar refractivity (Wildman–Crippen MR) is 22.5 cm³/mol. The summed E-state index contributed by atoms with van der Waals surface area (Å²) in [4.78, 5) is 0. The van der Waals surface area contributed by atoms with Gasteiger partial charge in [0.15, 0.2) is 0 Å². The molecule has 0 aliphatic heterocycles. The van der Waals surface area contributed by atoms with Crippen LogP contribution in [0.3, 0.4) is 0 Å². The topological polar surface area (TPSA) is 23.9 Å². The number of hydrogen-bond acceptors (Lipinski definition) is 3. The van der Waals surface area contributed by atoms with Crippen molar-refractivity contribution < 1.29 is 0 Å². The van der Waals surface area contributed by atoms with E-state index in [2.05, 4.69) is 25.3 Å². The second-order valence-corrected chi connectivity index (χ2v) is 1.36. The largest absolute Gasteiger partial charge is 0.789 e. The Hall–Kier alpha value is 0.110. The van der Waals surface area contributed by atoms with Crippen molar-refractivity contribution in [1.29, 1.82) is 5.41 Å². The number of nitrogens with one attached hydrogen (secondary N) is 1. The molecular formula is CHNS2-2. The normalized spacial score (nSPS) is 6.00. The first-order valence-corrected chi connectivity index (χ1v) is 1.47. The molecule has 0 aromatic carbocycles. The molecule has 0 rings (SSSR count). The Morgan fingerprint density at radius 3 is 1.50 bits per heavy atom. The SMILES string of the molecule is N=C([S-])[S-]. The molecule has 0 saturated heterocycles. The quantitative estimate of drug-likeness (QED) is 0.258. The van der Waals surface area contributed by atoms with Crippen LogP contribution in [0.2, 0.25) is 0 Å². The van der Waals surface area contributed by atoms with Crippen LogP contribution in [0.25, 0.3) is 0 Å². The minimum atomic E-state index is -0.167. The van der Waals surface area contributed by atoms with Crippen LogP contribution in [0.1, 0.15) is 0 Å². The third-order valence-electron chi connectivity index (χ3n) is 0.